The Balaban J connectivity index is 0.000000164. The summed E-state index contributed by atoms with van der Waals surface area (Å²) in [4.78, 5) is 35.7. The zero-order valence-electron chi connectivity index (χ0n) is 64.1. The van der Waals surface area contributed by atoms with Crippen molar-refractivity contribution in [1.29, 1.82) is 0 Å². The number of para-hydroxylation sites is 6. The standard InChI is InChI=1S/C24H24N2.2C23H23N3.C22H22N4.4Ir/c1-18-9-5-6-10-21(18)26-17-25(22-11-7-8-12-23(22)26)20-15-13-19(14-16-20)24(2,3)4;1-17-9-5-6-12-20(17)26-16-25(22-21(26)13-8-14-24-22)19-11-7-10-18(15-19)23(2,3)4;1-17-9-5-6-12-20(17)26-16-25(21-13-8-14-24-22(21)26)19-11-7-10-18(15-19)23(2,3)4;1-16-7-5-6-8-19(16)26-15-25(20-21(26)24-14-13-23-20)18-11-9-17(10-12-18)22(2,3)4;;;;/h5-15,17H,1-4H3;2*5-10,12-16H,1-4H3;5-11,13-15H,1-4H3;;;;/q4*-2;;;;. The van der Waals surface area contributed by atoms with Gasteiger partial charge in [0.05, 0.1) is 11.4 Å². The van der Waals surface area contributed by atoms with Gasteiger partial charge in [-0.15, -0.1) is 73.7 Å². The predicted octanol–water partition coefficient (Wildman–Crippen LogP) is 23.6. The Morgan fingerprint density at radius 3 is 0.954 bits per heavy atom. The van der Waals surface area contributed by atoms with Gasteiger partial charge in [-0.2, -0.15) is 95.1 Å². The first-order valence-electron chi connectivity index (χ1n) is 35.7. The van der Waals surface area contributed by atoms with E-state index in [-0.39, 0.29) is 102 Å². The van der Waals surface area contributed by atoms with Crippen LogP contribution in [0.5, 0.6) is 0 Å². The monoisotopic (exact) mass is 2140 g/mol. The number of benzene rings is 9. The molecule has 0 amide bonds. The number of pyridine rings is 2. The molecule has 12 nitrogen and oxygen atoms in total. The maximum absolute atomic E-state index is 4.65. The molecule has 0 fully saturated rings. The van der Waals surface area contributed by atoms with Crippen molar-refractivity contribution < 1.29 is 80.4 Å². The third-order valence-corrected chi connectivity index (χ3v) is 19.1. The van der Waals surface area contributed by atoms with Crippen molar-refractivity contribution in [2.24, 2.45) is 0 Å². The summed E-state index contributed by atoms with van der Waals surface area (Å²) in [6, 6.07) is 89.4. The van der Waals surface area contributed by atoms with E-state index in [0.29, 0.717) is 0 Å². The summed E-state index contributed by atoms with van der Waals surface area (Å²) < 4.78 is 0. The first-order valence-corrected chi connectivity index (χ1v) is 35.7. The van der Waals surface area contributed by atoms with E-state index in [1.807, 2.05) is 60.4 Å². The second-order valence-electron chi connectivity index (χ2n) is 30.8. The Hall–Kier alpha value is -8.64. The normalized spacial score (nSPS) is 13.3. The number of hydrogen-bond donors (Lipinski definition) is 0. The molecular weight excluding hydrogens is 2040 g/mol. The van der Waals surface area contributed by atoms with Crippen LogP contribution in [0.4, 0.5) is 91.5 Å². The fourth-order valence-corrected chi connectivity index (χ4v) is 13.0. The largest absolute Gasteiger partial charge is 0.493 e. The third-order valence-electron chi connectivity index (χ3n) is 19.1. The number of fused-ring (bicyclic) bond motifs is 4. The average molecular weight is 2130 g/mol. The van der Waals surface area contributed by atoms with Crippen LogP contribution in [0.2, 0.25) is 0 Å². The molecule has 16 heteroatoms. The summed E-state index contributed by atoms with van der Waals surface area (Å²) in [7, 11) is 0. The van der Waals surface area contributed by atoms with Crippen molar-refractivity contribution in [1.82, 2.24) is 19.9 Å². The van der Waals surface area contributed by atoms with E-state index < -0.39 is 0 Å². The molecule has 108 heavy (non-hydrogen) atoms. The summed E-state index contributed by atoms with van der Waals surface area (Å²) in [6.07, 6.45) is 7.14. The van der Waals surface area contributed by atoms with Crippen molar-refractivity contribution in [3.63, 3.8) is 0 Å². The quantitative estimate of drug-likeness (QED) is 0.136. The van der Waals surface area contributed by atoms with Gasteiger partial charge in [0.25, 0.3) is 0 Å². The molecule has 4 aliphatic heterocycles. The van der Waals surface area contributed by atoms with Crippen molar-refractivity contribution in [2.75, 3.05) is 39.2 Å². The summed E-state index contributed by atoms with van der Waals surface area (Å²) in [5.74, 6) is 3.51. The molecule has 0 atom stereocenters. The molecule has 7 heterocycles. The van der Waals surface area contributed by atoms with Crippen LogP contribution >= 0.6 is 0 Å². The SMILES string of the molecule is Cc1ccccc1N1[CH-]N(c2[c-]cc(C(C)(C)C)cc2)c2ccccc21.Cc1ccccc1N1[CH-]N(c2[c-]cc(C(C)(C)C)cc2)c2nccnc21.Cc1ccccc1N1[CH-]N(c2[c-]ccc(C(C)(C)C)c2)c2cccnc21.Cc1ccccc1N1[CH-]N(c2[c-]ccc(C(C)(C)C)c2)c2ncccc21.[Ir].[Ir].[Ir].[Ir]. The second kappa shape index (κ2) is 34.9. The van der Waals surface area contributed by atoms with Gasteiger partial charge in [-0.05, 0) is 121 Å². The van der Waals surface area contributed by atoms with Crippen LogP contribution in [-0.2, 0) is 102 Å². The topological polar surface area (TPSA) is 77.5 Å². The van der Waals surface area contributed by atoms with Crippen LogP contribution in [0.25, 0.3) is 0 Å². The van der Waals surface area contributed by atoms with Crippen LogP contribution in [-0.4, -0.2) is 19.9 Å². The minimum Gasteiger partial charge on any atom is -0.493 e. The minimum atomic E-state index is 0. The Kier molecular flexibility index (Phi) is 27.0. The van der Waals surface area contributed by atoms with Crippen LogP contribution < -0.4 is 39.2 Å². The first kappa shape index (κ1) is 83.4. The van der Waals surface area contributed by atoms with Gasteiger partial charge >= 0.3 is 0 Å². The molecule has 4 radical (unpaired) electrons. The van der Waals surface area contributed by atoms with Gasteiger partial charge in [0.15, 0.2) is 0 Å². The van der Waals surface area contributed by atoms with Gasteiger partial charge in [0, 0.05) is 139 Å². The molecule has 0 saturated heterocycles. The van der Waals surface area contributed by atoms with Gasteiger partial charge in [-0.3, -0.25) is 0 Å². The van der Waals surface area contributed by atoms with E-state index in [1.54, 1.807) is 12.4 Å². The Morgan fingerprint density at radius 1 is 0.250 bits per heavy atom. The minimum absolute atomic E-state index is 0. The van der Waals surface area contributed by atoms with Gasteiger partial charge in [0.2, 0.25) is 0 Å². The van der Waals surface area contributed by atoms with E-state index in [1.165, 1.54) is 61.6 Å². The van der Waals surface area contributed by atoms with E-state index in [9.17, 15) is 0 Å². The first-order chi connectivity index (χ1) is 49.8. The van der Waals surface area contributed by atoms with Gasteiger partial charge in [-0.25, -0.2) is 19.9 Å². The molecule has 564 valence electrons. The molecule has 0 unspecified atom stereocenters. The molecule has 12 aromatic rings. The zero-order valence-corrected chi connectivity index (χ0v) is 73.7. The molecule has 3 aromatic heterocycles. The molecule has 0 spiro atoms. The number of rotatable bonds is 8. The molecule has 0 bridgehead atoms. The van der Waals surface area contributed by atoms with E-state index in [2.05, 4.69) is 391 Å². The van der Waals surface area contributed by atoms with Crippen molar-refractivity contribution >= 4 is 91.5 Å². The van der Waals surface area contributed by atoms with E-state index in [4.69, 9.17) is 0 Å². The van der Waals surface area contributed by atoms with Crippen molar-refractivity contribution in [3.05, 3.63) is 339 Å². The zero-order chi connectivity index (χ0) is 73.2. The van der Waals surface area contributed by atoms with Gasteiger partial charge in [0.1, 0.15) is 23.3 Å². The van der Waals surface area contributed by atoms with Crippen LogP contribution in [0.15, 0.2) is 243 Å². The maximum atomic E-state index is 4.65. The number of hydrogen-bond acceptors (Lipinski definition) is 12. The van der Waals surface area contributed by atoms with Crippen molar-refractivity contribution in [3.8, 4) is 0 Å². The molecular formula is C92H92Ir4N12-8. The molecule has 0 saturated carbocycles. The number of nitrogens with zero attached hydrogens (tertiary/aromatic N) is 12. The van der Waals surface area contributed by atoms with E-state index >= 15 is 0 Å². The molecule has 9 aromatic carbocycles. The molecule has 4 aliphatic rings. The van der Waals surface area contributed by atoms with E-state index in [0.717, 1.165) is 74.5 Å². The number of aryl methyl sites for hydroxylation is 4. The summed E-state index contributed by atoms with van der Waals surface area (Å²) >= 11 is 0. The Labute approximate surface area is 696 Å². The molecule has 0 aliphatic carbocycles. The van der Waals surface area contributed by atoms with Crippen LogP contribution in [0.3, 0.4) is 0 Å². The van der Waals surface area contributed by atoms with Crippen LogP contribution in [0, 0.1) is 78.6 Å². The van der Waals surface area contributed by atoms with Crippen LogP contribution in [0.1, 0.15) is 128 Å². The summed E-state index contributed by atoms with van der Waals surface area (Å²) in [5.41, 5.74) is 23.6. The van der Waals surface area contributed by atoms with Gasteiger partial charge < -0.3 is 39.2 Å². The average Bonchev–Trinajstić information content (AvgIpc) is 1.67. The molecule has 0 N–H and O–H groups in total. The fraction of sp³-hybridized carbons (Fsp3) is 0.217. The Bertz CT molecular complexity index is 4690. The third kappa shape index (κ3) is 18.1. The number of aromatic nitrogens is 4. The Morgan fingerprint density at radius 2 is 0.537 bits per heavy atom. The second-order valence-corrected chi connectivity index (χ2v) is 30.8. The smallest absolute Gasteiger partial charge is 0.145 e. The fourth-order valence-electron chi connectivity index (χ4n) is 13.0. The molecule has 16 rings (SSSR count). The summed E-state index contributed by atoms with van der Waals surface area (Å²) in [6.45, 7) is 43.6. The van der Waals surface area contributed by atoms with Gasteiger partial charge in [-0.1, -0.05) is 179 Å². The maximum Gasteiger partial charge on any atom is 0.145 e. The summed E-state index contributed by atoms with van der Waals surface area (Å²) in [5, 5.41) is 0. The predicted molar refractivity (Wildman–Crippen MR) is 432 cm³/mol. The number of anilines is 16. The van der Waals surface area contributed by atoms with Crippen molar-refractivity contribution in [2.45, 2.75) is 132 Å².